The first-order valence-electron chi connectivity index (χ1n) is 12.1. The normalized spacial score (nSPS) is 14.0. The molecule has 1 amide bonds. The number of ether oxygens (including phenoxy) is 3. The molecule has 0 unspecified atom stereocenters. The van der Waals surface area contributed by atoms with Gasteiger partial charge in [-0.3, -0.25) is 4.79 Å². The minimum atomic E-state index is -2.21. The van der Waals surface area contributed by atoms with Crippen LogP contribution in [0.15, 0.2) is 11.6 Å². The Morgan fingerprint density at radius 2 is 1.86 bits per heavy atom. The van der Waals surface area contributed by atoms with Gasteiger partial charge in [0.25, 0.3) is 0 Å². The van der Waals surface area contributed by atoms with Crippen LogP contribution in [0.25, 0.3) is 0 Å². The quantitative estimate of drug-likeness (QED) is 0.159. The van der Waals surface area contributed by atoms with E-state index in [0.717, 1.165) is 28.3 Å². The summed E-state index contributed by atoms with van der Waals surface area (Å²) in [6.45, 7) is 17.5. The molecule has 7 nitrogen and oxygen atoms in total. The van der Waals surface area contributed by atoms with Crippen LogP contribution in [0, 0.1) is 6.92 Å². The SMILES string of the molecule is COc1c(C)c2c(c(OCC[Si](C)(C)C)c1C/C=C(\C)CN(CCP(C)(C)=O)C(C)=O)C(=O)OC2. The van der Waals surface area contributed by atoms with Gasteiger partial charge in [-0.15, -0.1) is 0 Å². The minimum absolute atomic E-state index is 0.0460. The highest BCUT2D eigenvalue weighted by Gasteiger charge is 2.33. The van der Waals surface area contributed by atoms with Crippen LogP contribution >= 0.6 is 7.14 Å². The second kappa shape index (κ2) is 11.8. The summed E-state index contributed by atoms with van der Waals surface area (Å²) in [5.74, 6) is 0.848. The van der Waals surface area contributed by atoms with Crippen LogP contribution in [-0.4, -0.2) is 71.1 Å². The number of hydrogen-bond donors (Lipinski definition) is 0. The molecule has 0 saturated carbocycles. The summed E-state index contributed by atoms with van der Waals surface area (Å²) in [5.41, 5.74) is 4.04. The molecule has 0 atom stereocenters. The van der Waals surface area contributed by atoms with Crippen LogP contribution in [0.5, 0.6) is 11.5 Å². The van der Waals surface area contributed by atoms with Gasteiger partial charge in [0.1, 0.15) is 23.7 Å². The molecule has 1 aliphatic heterocycles. The summed E-state index contributed by atoms with van der Waals surface area (Å²) >= 11 is 0. The maximum atomic E-state index is 12.6. The molecule has 1 heterocycles. The molecular formula is C26H42NO6PSi. The van der Waals surface area contributed by atoms with Gasteiger partial charge in [0.2, 0.25) is 5.91 Å². The summed E-state index contributed by atoms with van der Waals surface area (Å²) in [6.07, 6.45) is 3.03. The number of carbonyl (C=O) groups excluding carboxylic acids is 2. The maximum Gasteiger partial charge on any atom is 0.342 e. The van der Waals surface area contributed by atoms with Crippen LogP contribution in [0.2, 0.25) is 25.7 Å². The molecule has 0 fully saturated rings. The fraction of sp³-hybridized carbons (Fsp3) is 0.615. The summed E-state index contributed by atoms with van der Waals surface area (Å²) in [5, 5.41) is 0. The Kier molecular flexibility index (Phi) is 9.83. The van der Waals surface area contributed by atoms with E-state index in [9.17, 15) is 14.2 Å². The van der Waals surface area contributed by atoms with Crippen LogP contribution in [0.3, 0.4) is 0 Å². The van der Waals surface area contributed by atoms with E-state index in [1.54, 1.807) is 25.3 Å². The summed E-state index contributed by atoms with van der Waals surface area (Å²) in [6, 6.07) is 0.966. The third-order valence-electron chi connectivity index (χ3n) is 6.17. The zero-order valence-electron chi connectivity index (χ0n) is 22.9. The maximum absolute atomic E-state index is 12.6. The topological polar surface area (TPSA) is 82.1 Å². The second-order valence-electron chi connectivity index (χ2n) is 11.0. The number of cyclic esters (lactones) is 1. The van der Waals surface area contributed by atoms with Crippen LogP contribution < -0.4 is 9.47 Å². The zero-order valence-corrected chi connectivity index (χ0v) is 24.8. The Labute approximate surface area is 211 Å². The molecule has 0 spiro atoms. The first-order chi connectivity index (χ1) is 16.1. The van der Waals surface area contributed by atoms with Gasteiger partial charge >= 0.3 is 5.97 Å². The highest BCUT2D eigenvalue weighted by atomic mass is 31.2. The Morgan fingerprint density at radius 1 is 1.20 bits per heavy atom. The molecule has 1 aromatic rings. The van der Waals surface area contributed by atoms with E-state index in [-0.39, 0.29) is 18.5 Å². The van der Waals surface area contributed by atoms with Gasteiger partial charge in [0, 0.05) is 45.4 Å². The van der Waals surface area contributed by atoms with E-state index >= 15 is 0 Å². The number of allylic oxidation sites excluding steroid dienone is 1. The Morgan fingerprint density at radius 3 is 2.40 bits per heavy atom. The number of esters is 1. The van der Waals surface area contributed by atoms with Gasteiger partial charge < -0.3 is 23.7 Å². The Hall–Kier alpha value is -2.05. The molecule has 1 aromatic carbocycles. The fourth-order valence-corrected chi connectivity index (χ4v) is 5.42. The van der Waals surface area contributed by atoms with E-state index in [1.165, 1.54) is 6.92 Å². The van der Waals surface area contributed by atoms with Crippen LogP contribution in [0.1, 0.15) is 40.9 Å². The molecule has 2 rings (SSSR count). The average Bonchev–Trinajstić information content (AvgIpc) is 3.11. The lowest BCUT2D eigenvalue weighted by molar-refractivity contribution is -0.128. The van der Waals surface area contributed by atoms with Crippen molar-refractivity contribution in [2.45, 2.75) is 59.5 Å². The van der Waals surface area contributed by atoms with Gasteiger partial charge in [0.15, 0.2) is 0 Å². The Balaban J connectivity index is 2.38. The number of benzene rings is 1. The van der Waals surface area contributed by atoms with Crippen molar-refractivity contribution in [1.82, 2.24) is 4.90 Å². The lowest BCUT2D eigenvalue weighted by Crippen LogP contribution is -2.33. The highest BCUT2D eigenvalue weighted by Crippen LogP contribution is 2.43. The molecule has 0 aliphatic carbocycles. The third kappa shape index (κ3) is 8.25. The molecule has 0 bridgehead atoms. The van der Waals surface area contributed by atoms with E-state index in [1.807, 2.05) is 19.9 Å². The van der Waals surface area contributed by atoms with Crippen molar-refractivity contribution in [3.63, 3.8) is 0 Å². The summed E-state index contributed by atoms with van der Waals surface area (Å²) in [7, 11) is -1.92. The van der Waals surface area contributed by atoms with Crippen molar-refractivity contribution < 1.29 is 28.4 Å². The number of fused-ring (bicyclic) bond motifs is 1. The first-order valence-corrected chi connectivity index (χ1v) is 18.6. The van der Waals surface area contributed by atoms with E-state index < -0.39 is 15.2 Å². The van der Waals surface area contributed by atoms with Crippen molar-refractivity contribution in [2.24, 2.45) is 0 Å². The molecule has 0 saturated heterocycles. The highest BCUT2D eigenvalue weighted by molar-refractivity contribution is 7.62. The van der Waals surface area contributed by atoms with Gasteiger partial charge in [-0.2, -0.15) is 0 Å². The molecule has 0 radical (unpaired) electrons. The van der Waals surface area contributed by atoms with Crippen molar-refractivity contribution in [2.75, 3.05) is 46.3 Å². The van der Waals surface area contributed by atoms with Gasteiger partial charge in [0.05, 0.1) is 20.9 Å². The number of rotatable bonds is 12. The number of carbonyl (C=O) groups is 2. The number of amides is 1. The first kappa shape index (κ1) is 29.2. The molecule has 9 heteroatoms. The Bertz CT molecular complexity index is 1040. The smallest absolute Gasteiger partial charge is 0.342 e. The lowest BCUT2D eigenvalue weighted by Gasteiger charge is -2.23. The molecule has 0 aromatic heterocycles. The number of hydrogen-bond acceptors (Lipinski definition) is 6. The predicted molar refractivity (Wildman–Crippen MR) is 145 cm³/mol. The van der Waals surface area contributed by atoms with E-state index in [2.05, 4.69) is 19.6 Å². The molecule has 196 valence electrons. The molecule has 0 N–H and O–H groups in total. The van der Waals surface area contributed by atoms with Crippen molar-refractivity contribution in [3.8, 4) is 11.5 Å². The van der Waals surface area contributed by atoms with Crippen molar-refractivity contribution >= 4 is 27.1 Å². The third-order valence-corrected chi connectivity index (χ3v) is 9.15. The summed E-state index contributed by atoms with van der Waals surface area (Å²) < 4.78 is 29.6. The number of nitrogens with zero attached hydrogens (tertiary/aromatic N) is 1. The number of methoxy groups -OCH3 is 1. The lowest BCUT2D eigenvalue weighted by atomic mass is 9.94. The van der Waals surface area contributed by atoms with Crippen molar-refractivity contribution in [3.05, 3.63) is 33.9 Å². The van der Waals surface area contributed by atoms with Crippen molar-refractivity contribution in [1.29, 1.82) is 0 Å². The van der Waals surface area contributed by atoms with Crippen LogP contribution in [0.4, 0.5) is 0 Å². The van der Waals surface area contributed by atoms with E-state index in [4.69, 9.17) is 14.2 Å². The van der Waals surface area contributed by atoms with E-state index in [0.29, 0.717) is 49.3 Å². The van der Waals surface area contributed by atoms with Gasteiger partial charge in [-0.05, 0) is 45.2 Å². The van der Waals surface area contributed by atoms with Gasteiger partial charge in [-0.25, -0.2) is 4.79 Å². The minimum Gasteiger partial charge on any atom is -0.496 e. The standard InChI is InChI=1S/C26H42NO6PSi/c1-18(16-27(20(3)28)12-14-34(5,6)30)10-11-21-24(31-4)19(2)22-17-33-26(29)23(22)25(21)32-13-15-35(7,8)9/h10H,11-17H2,1-9H3/b18-10+. The molecular weight excluding hydrogens is 481 g/mol. The fourth-order valence-electron chi connectivity index (χ4n) is 3.98. The average molecular weight is 524 g/mol. The molecule has 1 aliphatic rings. The second-order valence-corrected chi connectivity index (χ2v) is 20.3. The predicted octanol–water partition coefficient (Wildman–Crippen LogP) is 5.35. The molecule has 35 heavy (non-hydrogen) atoms. The monoisotopic (exact) mass is 523 g/mol. The summed E-state index contributed by atoms with van der Waals surface area (Å²) in [4.78, 5) is 26.5. The van der Waals surface area contributed by atoms with Crippen LogP contribution in [-0.2, 0) is 27.1 Å². The largest absolute Gasteiger partial charge is 0.496 e. The van der Waals surface area contributed by atoms with Gasteiger partial charge in [-0.1, -0.05) is 31.3 Å². The zero-order chi connectivity index (χ0) is 26.6.